The Bertz CT molecular complexity index is 1000. The van der Waals surface area contributed by atoms with Crippen molar-refractivity contribution in [2.24, 2.45) is 10.7 Å². The Labute approximate surface area is 181 Å². The van der Waals surface area contributed by atoms with Crippen molar-refractivity contribution in [1.29, 1.82) is 0 Å². The first kappa shape index (κ1) is 21.5. The molecule has 6 N–H and O–H groups in total. The maximum absolute atomic E-state index is 11.2. The second-order valence-corrected chi connectivity index (χ2v) is 7.59. The first-order chi connectivity index (χ1) is 14.3. The standard InChI is InChI=1S/C22H27ClN6O/c1-13-11-16(7-8-19(13)27-15(3)30)25-9-10-26-21-12-20(28-22(24)29-21)17-5-4-6-18(23)14(17)2/h4-8,11-12,20,25-26H,9-10H2,1-3H3,(H,27,30)(H3,24,28,29). The van der Waals surface area contributed by atoms with Crippen LogP contribution in [0.15, 0.2) is 53.3 Å². The number of carbonyl (C=O) groups excluding carboxylic acids is 1. The normalized spacial score (nSPS) is 15.5. The first-order valence-electron chi connectivity index (χ1n) is 9.76. The van der Waals surface area contributed by atoms with E-state index in [0.717, 1.165) is 33.9 Å². The zero-order chi connectivity index (χ0) is 21.7. The average Bonchev–Trinajstić information content (AvgIpc) is 2.68. The maximum atomic E-state index is 11.2. The van der Waals surface area contributed by atoms with E-state index >= 15 is 0 Å². The number of anilines is 2. The van der Waals surface area contributed by atoms with Crippen LogP contribution in [-0.4, -0.2) is 25.0 Å². The number of amides is 1. The van der Waals surface area contributed by atoms with Crippen molar-refractivity contribution < 1.29 is 4.79 Å². The van der Waals surface area contributed by atoms with Crippen molar-refractivity contribution in [3.05, 3.63) is 70.0 Å². The number of hydrogen-bond acceptors (Lipinski definition) is 6. The summed E-state index contributed by atoms with van der Waals surface area (Å²) in [5, 5.41) is 13.3. The van der Waals surface area contributed by atoms with E-state index in [1.54, 1.807) is 0 Å². The SMILES string of the molecule is CC(=O)Nc1ccc(NCCNC2=CC(c3cccc(Cl)c3C)N=C(N)N2)cc1C. The molecule has 0 aromatic heterocycles. The van der Waals surface area contributed by atoms with Crippen molar-refractivity contribution in [2.45, 2.75) is 26.8 Å². The smallest absolute Gasteiger partial charge is 0.221 e. The molecule has 0 radical (unpaired) electrons. The Morgan fingerprint density at radius 3 is 2.70 bits per heavy atom. The third-order valence-corrected chi connectivity index (χ3v) is 5.21. The minimum absolute atomic E-state index is 0.0784. The van der Waals surface area contributed by atoms with Gasteiger partial charge in [-0.25, -0.2) is 4.99 Å². The number of nitrogens with two attached hydrogens (primary N) is 1. The lowest BCUT2D eigenvalue weighted by Crippen LogP contribution is -2.40. The topological polar surface area (TPSA) is 104 Å². The Kier molecular flexibility index (Phi) is 6.84. The molecule has 1 unspecified atom stereocenters. The van der Waals surface area contributed by atoms with Gasteiger partial charge in [-0.05, 0) is 60.9 Å². The monoisotopic (exact) mass is 426 g/mol. The van der Waals surface area contributed by atoms with E-state index in [1.807, 2.05) is 56.3 Å². The predicted molar refractivity (Wildman–Crippen MR) is 124 cm³/mol. The number of benzene rings is 2. The van der Waals surface area contributed by atoms with Crippen LogP contribution in [0.2, 0.25) is 5.02 Å². The number of nitrogens with zero attached hydrogens (tertiary/aromatic N) is 1. The number of aliphatic imine (C=N–C) groups is 1. The zero-order valence-electron chi connectivity index (χ0n) is 17.3. The second kappa shape index (κ2) is 9.54. The zero-order valence-corrected chi connectivity index (χ0v) is 18.1. The Hall–Kier alpha value is -3.19. The molecule has 1 aliphatic heterocycles. The number of nitrogens with one attached hydrogen (secondary N) is 4. The van der Waals surface area contributed by atoms with Crippen LogP contribution in [0.5, 0.6) is 0 Å². The lowest BCUT2D eigenvalue weighted by atomic mass is 10.0. The van der Waals surface area contributed by atoms with Crippen LogP contribution >= 0.6 is 11.6 Å². The molecule has 0 saturated carbocycles. The van der Waals surface area contributed by atoms with E-state index in [2.05, 4.69) is 26.3 Å². The summed E-state index contributed by atoms with van der Waals surface area (Å²) in [6.07, 6.45) is 2.00. The van der Waals surface area contributed by atoms with Gasteiger partial charge in [-0.3, -0.25) is 4.79 Å². The van der Waals surface area contributed by atoms with E-state index in [0.29, 0.717) is 24.1 Å². The Balaban J connectivity index is 1.57. The van der Waals surface area contributed by atoms with E-state index < -0.39 is 0 Å². The highest BCUT2D eigenvalue weighted by Crippen LogP contribution is 2.29. The summed E-state index contributed by atoms with van der Waals surface area (Å²) < 4.78 is 0. The molecule has 158 valence electrons. The summed E-state index contributed by atoms with van der Waals surface area (Å²) in [4.78, 5) is 15.7. The van der Waals surface area contributed by atoms with Crippen molar-refractivity contribution in [1.82, 2.24) is 10.6 Å². The predicted octanol–water partition coefficient (Wildman–Crippen LogP) is 3.42. The number of guanidine groups is 1. The summed E-state index contributed by atoms with van der Waals surface area (Å²) in [6.45, 7) is 6.83. The average molecular weight is 427 g/mol. The summed E-state index contributed by atoms with van der Waals surface area (Å²) in [5.74, 6) is 1.10. The van der Waals surface area contributed by atoms with Gasteiger partial charge in [0.25, 0.3) is 0 Å². The van der Waals surface area contributed by atoms with Gasteiger partial charge in [0.05, 0.1) is 0 Å². The molecule has 0 bridgehead atoms. The third-order valence-electron chi connectivity index (χ3n) is 4.80. The molecular weight excluding hydrogens is 400 g/mol. The van der Waals surface area contributed by atoms with Gasteiger partial charge in [0.2, 0.25) is 5.91 Å². The van der Waals surface area contributed by atoms with Gasteiger partial charge in [-0.1, -0.05) is 23.7 Å². The molecule has 1 aliphatic rings. The molecule has 3 rings (SSSR count). The Morgan fingerprint density at radius 2 is 1.97 bits per heavy atom. The van der Waals surface area contributed by atoms with Gasteiger partial charge in [0.15, 0.2) is 5.96 Å². The molecule has 7 nitrogen and oxygen atoms in total. The van der Waals surface area contributed by atoms with Gasteiger partial charge in [0.1, 0.15) is 11.9 Å². The maximum Gasteiger partial charge on any atom is 0.221 e. The summed E-state index contributed by atoms with van der Waals surface area (Å²) >= 11 is 6.25. The molecule has 0 spiro atoms. The lowest BCUT2D eigenvalue weighted by molar-refractivity contribution is -0.114. The van der Waals surface area contributed by atoms with Crippen LogP contribution in [0.1, 0.15) is 29.7 Å². The van der Waals surface area contributed by atoms with Crippen LogP contribution in [0.3, 0.4) is 0 Å². The quantitative estimate of drug-likeness (QED) is 0.436. The van der Waals surface area contributed by atoms with Gasteiger partial charge in [-0.15, -0.1) is 0 Å². The van der Waals surface area contributed by atoms with Gasteiger partial charge >= 0.3 is 0 Å². The fourth-order valence-corrected chi connectivity index (χ4v) is 3.45. The fraction of sp³-hybridized carbons (Fsp3) is 0.273. The first-order valence-corrected chi connectivity index (χ1v) is 10.1. The number of carbonyl (C=O) groups is 1. The minimum Gasteiger partial charge on any atom is -0.383 e. The van der Waals surface area contributed by atoms with Crippen molar-refractivity contribution in [3.8, 4) is 0 Å². The summed E-state index contributed by atoms with van der Waals surface area (Å²) in [7, 11) is 0. The molecule has 0 saturated heterocycles. The fourth-order valence-electron chi connectivity index (χ4n) is 3.27. The van der Waals surface area contributed by atoms with Crippen LogP contribution in [-0.2, 0) is 4.79 Å². The number of hydrogen-bond donors (Lipinski definition) is 5. The molecule has 30 heavy (non-hydrogen) atoms. The highest BCUT2D eigenvalue weighted by Gasteiger charge is 2.17. The lowest BCUT2D eigenvalue weighted by Gasteiger charge is -2.22. The third kappa shape index (κ3) is 5.45. The molecule has 2 aromatic rings. The van der Waals surface area contributed by atoms with Crippen LogP contribution in [0.25, 0.3) is 0 Å². The van der Waals surface area contributed by atoms with E-state index in [1.165, 1.54) is 6.92 Å². The molecule has 0 fully saturated rings. The molecule has 0 aliphatic carbocycles. The molecule has 1 atom stereocenters. The van der Waals surface area contributed by atoms with E-state index in [-0.39, 0.29) is 11.9 Å². The molecule has 1 amide bonds. The van der Waals surface area contributed by atoms with Crippen molar-refractivity contribution in [2.75, 3.05) is 23.7 Å². The Morgan fingerprint density at radius 1 is 1.20 bits per heavy atom. The summed E-state index contributed by atoms with van der Waals surface area (Å²) in [5.41, 5.74) is 10.8. The largest absolute Gasteiger partial charge is 0.383 e. The van der Waals surface area contributed by atoms with Crippen molar-refractivity contribution >= 4 is 34.8 Å². The number of aryl methyl sites for hydroxylation is 1. The van der Waals surface area contributed by atoms with Crippen molar-refractivity contribution in [3.63, 3.8) is 0 Å². The van der Waals surface area contributed by atoms with Crippen LogP contribution < -0.4 is 27.0 Å². The van der Waals surface area contributed by atoms with E-state index in [4.69, 9.17) is 17.3 Å². The van der Waals surface area contributed by atoms with Crippen LogP contribution in [0, 0.1) is 13.8 Å². The van der Waals surface area contributed by atoms with E-state index in [9.17, 15) is 4.79 Å². The number of rotatable bonds is 7. The minimum atomic E-state index is -0.190. The molecule has 8 heteroatoms. The van der Waals surface area contributed by atoms with Gasteiger partial charge in [-0.2, -0.15) is 0 Å². The number of halogens is 1. The molecule has 2 aromatic carbocycles. The van der Waals surface area contributed by atoms with Gasteiger partial charge in [0, 0.05) is 36.4 Å². The van der Waals surface area contributed by atoms with Gasteiger partial charge < -0.3 is 27.0 Å². The molecule has 1 heterocycles. The summed E-state index contributed by atoms with van der Waals surface area (Å²) in [6, 6.07) is 11.5. The highest BCUT2D eigenvalue weighted by molar-refractivity contribution is 6.31. The highest BCUT2D eigenvalue weighted by atomic mass is 35.5. The molecular formula is C22H27ClN6O. The van der Waals surface area contributed by atoms with Crippen LogP contribution in [0.4, 0.5) is 11.4 Å². The second-order valence-electron chi connectivity index (χ2n) is 7.18.